The van der Waals surface area contributed by atoms with E-state index in [1.165, 1.54) is 23.1 Å². The van der Waals surface area contributed by atoms with E-state index >= 15 is 0 Å². The largest absolute Gasteiger partial charge is 0.497 e. The zero-order valence-corrected chi connectivity index (χ0v) is 11.9. The average molecular weight is 264 g/mol. The molecule has 0 aromatic heterocycles. The lowest BCUT2D eigenvalue weighted by molar-refractivity contribution is 0.414. The summed E-state index contributed by atoms with van der Waals surface area (Å²) in [7, 11) is 1.72. The molecule has 0 spiro atoms. The van der Waals surface area contributed by atoms with Gasteiger partial charge in [0.25, 0.3) is 0 Å². The quantitative estimate of drug-likeness (QED) is 0.754. The first kappa shape index (κ1) is 13.0. The van der Waals surface area contributed by atoms with Crippen LogP contribution in [0.4, 0.5) is 0 Å². The lowest BCUT2D eigenvalue weighted by Crippen LogP contribution is -2.04. The maximum atomic E-state index is 5.31. The molecule has 1 unspecified atom stereocenters. The summed E-state index contributed by atoms with van der Waals surface area (Å²) in [6.45, 7) is 0. The Balaban J connectivity index is 1.76. The summed E-state index contributed by atoms with van der Waals surface area (Å²) in [5.74, 6) is 1.61. The number of benzene rings is 2. The van der Waals surface area contributed by atoms with Crippen LogP contribution >= 0.6 is 0 Å². The Morgan fingerprint density at radius 3 is 2.55 bits per heavy atom. The van der Waals surface area contributed by atoms with Crippen molar-refractivity contribution < 1.29 is 4.74 Å². The van der Waals surface area contributed by atoms with Crippen molar-refractivity contribution in [3.05, 3.63) is 71.8 Å². The van der Waals surface area contributed by atoms with Crippen molar-refractivity contribution in [2.45, 2.75) is 25.2 Å². The highest BCUT2D eigenvalue weighted by Gasteiger charge is 2.16. The zero-order valence-electron chi connectivity index (χ0n) is 11.9. The highest BCUT2D eigenvalue weighted by molar-refractivity contribution is 5.67. The molecular weight excluding hydrogens is 244 g/mol. The van der Waals surface area contributed by atoms with Gasteiger partial charge in [-0.2, -0.15) is 0 Å². The van der Waals surface area contributed by atoms with E-state index < -0.39 is 0 Å². The van der Waals surface area contributed by atoms with Crippen LogP contribution in [0.25, 0.3) is 5.57 Å². The van der Waals surface area contributed by atoms with Crippen LogP contribution in [0.2, 0.25) is 0 Å². The van der Waals surface area contributed by atoms with Gasteiger partial charge < -0.3 is 4.74 Å². The summed E-state index contributed by atoms with van der Waals surface area (Å²) in [6, 6.07) is 19.2. The third kappa shape index (κ3) is 2.77. The van der Waals surface area contributed by atoms with Crippen molar-refractivity contribution >= 4 is 5.57 Å². The molecule has 0 saturated heterocycles. The molecule has 0 fully saturated rings. The van der Waals surface area contributed by atoms with E-state index in [0.29, 0.717) is 5.92 Å². The Morgan fingerprint density at radius 2 is 1.85 bits per heavy atom. The van der Waals surface area contributed by atoms with Crippen molar-refractivity contribution in [3.8, 4) is 5.75 Å². The number of hydrogen-bond acceptors (Lipinski definition) is 1. The Hall–Kier alpha value is -2.02. The van der Waals surface area contributed by atoms with Crippen LogP contribution in [-0.4, -0.2) is 7.11 Å². The molecule has 3 rings (SSSR count). The molecule has 0 aliphatic heterocycles. The van der Waals surface area contributed by atoms with E-state index in [0.717, 1.165) is 18.6 Å². The number of allylic oxidation sites excluding steroid dienone is 2. The summed E-state index contributed by atoms with van der Waals surface area (Å²) < 4.78 is 5.31. The monoisotopic (exact) mass is 264 g/mol. The Kier molecular flexibility index (Phi) is 3.87. The molecule has 1 atom stereocenters. The molecule has 102 valence electrons. The summed E-state index contributed by atoms with van der Waals surface area (Å²) in [5.41, 5.74) is 4.22. The van der Waals surface area contributed by atoms with Gasteiger partial charge in [-0.15, -0.1) is 0 Å². The lowest BCUT2D eigenvalue weighted by atomic mass is 9.83. The van der Waals surface area contributed by atoms with Gasteiger partial charge in [-0.25, -0.2) is 0 Å². The predicted octanol–water partition coefficient (Wildman–Crippen LogP) is 5.05. The second-order valence-electron chi connectivity index (χ2n) is 5.34. The molecule has 1 heteroatoms. The third-order valence-electron chi connectivity index (χ3n) is 4.12. The minimum Gasteiger partial charge on any atom is -0.497 e. The molecule has 1 nitrogen and oxygen atoms in total. The van der Waals surface area contributed by atoms with Gasteiger partial charge in [-0.05, 0) is 54.0 Å². The van der Waals surface area contributed by atoms with Crippen molar-refractivity contribution in [1.82, 2.24) is 0 Å². The van der Waals surface area contributed by atoms with Gasteiger partial charge in [0.05, 0.1) is 7.11 Å². The van der Waals surface area contributed by atoms with Crippen molar-refractivity contribution in [3.63, 3.8) is 0 Å². The summed E-state index contributed by atoms with van der Waals surface area (Å²) >= 11 is 0. The Morgan fingerprint density at radius 1 is 1.00 bits per heavy atom. The molecule has 0 N–H and O–H groups in total. The fraction of sp³-hybridized carbons (Fsp3) is 0.263. The average Bonchev–Trinajstić information content (AvgIpc) is 2.56. The van der Waals surface area contributed by atoms with Crippen molar-refractivity contribution in [1.29, 1.82) is 0 Å². The van der Waals surface area contributed by atoms with Gasteiger partial charge in [-0.1, -0.05) is 48.5 Å². The number of hydrogen-bond donors (Lipinski definition) is 0. The topological polar surface area (TPSA) is 9.23 Å². The lowest BCUT2D eigenvalue weighted by Gasteiger charge is -2.22. The van der Waals surface area contributed by atoms with Crippen molar-refractivity contribution in [2.75, 3.05) is 7.11 Å². The third-order valence-corrected chi connectivity index (χ3v) is 4.12. The molecule has 1 aliphatic carbocycles. The summed E-state index contributed by atoms with van der Waals surface area (Å²) in [4.78, 5) is 0. The number of rotatable bonds is 3. The van der Waals surface area contributed by atoms with Gasteiger partial charge in [0.2, 0.25) is 0 Å². The fourth-order valence-electron chi connectivity index (χ4n) is 2.95. The normalized spacial score (nSPS) is 18.4. The second-order valence-corrected chi connectivity index (χ2v) is 5.34. The van der Waals surface area contributed by atoms with Crippen LogP contribution in [0.3, 0.4) is 0 Å². The molecule has 0 heterocycles. The van der Waals surface area contributed by atoms with Gasteiger partial charge in [0, 0.05) is 0 Å². The molecule has 0 bridgehead atoms. The van der Waals surface area contributed by atoms with Crippen LogP contribution in [0.1, 0.15) is 36.3 Å². The fourth-order valence-corrected chi connectivity index (χ4v) is 2.95. The van der Waals surface area contributed by atoms with Gasteiger partial charge in [-0.3, -0.25) is 0 Å². The van der Waals surface area contributed by atoms with Gasteiger partial charge in [0.15, 0.2) is 0 Å². The van der Waals surface area contributed by atoms with E-state index in [1.54, 1.807) is 7.11 Å². The smallest absolute Gasteiger partial charge is 0.119 e. The second kappa shape index (κ2) is 5.96. The zero-order chi connectivity index (χ0) is 13.8. The minimum atomic E-state index is 0.672. The summed E-state index contributed by atoms with van der Waals surface area (Å²) in [6.07, 6.45) is 5.91. The first-order chi connectivity index (χ1) is 9.86. The Labute approximate surface area is 120 Å². The van der Waals surface area contributed by atoms with Gasteiger partial charge in [0.1, 0.15) is 5.75 Å². The van der Waals surface area contributed by atoms with Crippen molar-refractivity contribution in [2.24, 2.45) is 0 Å². The van der Waals surface area contributed by atoms with Crippen LogP contribution in [-0.2, 0) is 0 Å². The van der Waals surface area contributed by atoms with Crippen LogP contribution in [0.5, 0.6) is 5.75 Å². The first-order valence-electron chi connectivity index (χ1n) is 7.25. The molecular formula is C19H20O. The Bertz CT molecular complexity index is 598. The van der Waals surface area contributed by atoms with E-state index in [9.17, 15) is 0 Å². The van der Waals surface area contributed by atoms with Crippen LogP contribution in [0.15, 0.2) is 60.7 Å². The first-order valence-corrected chi connectivity index (χ1v) is 7.25. The van der Waals surface area contributed by atoms with E-state index in [1.807, 2.05) is 6.07 Å². The summed E-state index contributed by atoms with van der Waals surface area (Å²) in [5, 5.41) is 0. The minimum absolute atomic E-state index is 0.672. The molecule has 0 radical (unpaired) electrons. The molecule has 2 aromatic carbocycles. The highest BCUT2D eigenvalue weighted by Crippen LogP contribution is 2.36. The van der Waals surface area contributed by atoms with E-state index in [-0.39, 0.29) is 0 Å². The number of ether oxygens (including phenoxy) is 1. The molecule has 0 saturated carbocycles. The number of methoxy groups -OCH3 is 1. The maximum absolute atomic E-state index is 5.31. The molecule has 20 heavy (non-hydrogen) atoms. The SMILES string of the molecule is COc1cccc(C2=CCC(c3ccccc3)CC2)c1. The molecule has 2 aromatic rings. The molecule has 1 aliphatic rings. The highest BCUT2D eigenvalue weighted by atomic mass is 16.5. The van der Waals surface area contributed by atoms with Crippen LogP contribution in [0, 0.1) is 0 Å². The predicted molar refractivity (Wildman–Crippen MR) is 84.0 cm³/mol. The van der Waals surface area contributed by atoms with E-state index in [4.69, 9.17) is 4.74 Å². The maximum Gasteiger partial charge on any atom is 0.119 e. The van der Waals surface area contributed by atoms with Crippen LogP contribution < -0.4 is 4.74 Å². The molecule has 0 amide bonds. The van der Waals surface area contributed by atoms with Gasteiger partial charge >= 0.3 is 0 Å². The van der Waals surface area contributed by atoms with E-state index in [2.05, 4.69) is 54.6 Å². The standard InChI is InChI=1S/C19H20O/c1-20-19-9-5-8-18(14-19)17-12-10-16(11-13-17)15-6-3-2-4-7-15/h2-9,12,14,16H,10-11,13H2,1H3.